The highest BCUT2D eigenvalue weighted by Crippen LogP contribution is 2.33. The second-order valence-corrected chi connectivity index (χ2v) is 7.67. The first-order valence-corrected chi connectivity index (χ1v) is 10.8. The highest BCUT2D eigenvalue weighted by atomic mass is 19.4. The van der Waals surface area contributed by atoms with Crippen molar-refractivity contribution in [2.75, 3.05) is 36.6 Å². The number of alkyl halides is 3. The minimum absolute atomic E-state index is 0.163. The summed E-state index contributed by atoms with van der Waals surface area (Å²) in [6.07, 6.45) is -1.84. The number of nitrogens with two attached hydrogens (primary N) is 1. The van der Waals surface area contributed by atoms with Gasteiger partial charge in [0.25, 0.3) is 5.91 Å². The van der Waals surface area contributed by atoms with Crippen LogP contribution in [0.4, 0.5) is 35.3 Å². The number of fused-ring (bicyclic) bond motifs is 1. The number of amides is 3. The summed E-state index contributed by atoms with van der Waals surface area (Å²) in [6.45, 7) is 0.621. The molecule has 0 aliphatic rings. The zero-order chi connectivity index (χ0) is 26.6. The topological polar surface area (TPSA) is 149 Å². The van der Waals surface area contributed by atoms with E-state index < -0.39 is 17.9 Å². The van der Waals surface area contributed by atoms with Gasteiger partial charge >= 0.3 is 12.2 Å². The number of hydrogen-bond acceptors (Lipinski definition) is 7. The van der Waals surface area contributed by atoms with Gasteiger partial charge in [-0.15, -0.1) is 0 Å². The summed E-state index contributed by atoms with van der Waals surface area (Å²) >= 11 is 0. The molecule has 1 aromatic carbocycles. The fraction of sp³-hybridized carbons (Fsp3) is 0.174. The second kappa shape index (κ2) is 10.5. The van der Waals surface area contributed by atoms with Gasteiger partial charge < -0.3 is 21.1 Å². The van der Waals surface area contributed by atoms with Crippen LogP contribution in [0.25, 0.3) is 16.6 Å². The molecule has 0 saturated carbocycles. The Morgan fingerprint density at radius 2 is 1.86 bits per heavy atom. The summed E-state index contributed by atoms with van der Waals surface area (Å²) in [6, 6.07) is 8.80. The molecule has 0 aliphatic heterocycles. The van der Waals surface area contributed by atoms with Gasteiger partial charge in [0, 0.05) is 31.1 Å². The van der Waals surface area contributed by atoms with Crippen LogP contribution in [0.2, 0.25) is 0 Å². The van der Waals surface area contributed by atoms with Crippen molar-refractivity contribution >= 4 is 34.8 Å². The van der Waals surface area contributed by atoms with Crippen molar-refractivity contribution < 1.29 is 27.5 Å². The number of nitrogen functional groups attached to an aromatic ring is 1. The quantitative estimate of drug-likeness (QED) is 0.276. The third-order valence-electron chi connectivity index (χ3n) is 5.15. The largest absolute Gasteiger partial charge is 0.433 e. The lowest BCUT2D eigenvalue weighted by atomic mass is 10.0. The van der Waals surface area contributed by atoms with E-state index in [1.165, 1.54) is 30.2 Å². The van der Waals surface area contributed by atoms with Gasteiger partial charge in [-0.1, -0.05) is 18.2 Å². The average molecular weight is 514 g/mol. The Morgan fingerprint density at radius 3 is 2.57 bits per heavy atom. The molecule has 0 bridgehead atoms. The fourth-order valence-electron chi connectivity index (χ4n) is 3.52. The maximum atomic E-state index is 12.9. The van der Waals surface area contributed by atoms with Gasteiger partial charge in [-0.2, -0.15) is 18.3 Å². The fourth-order valence-corrected chi connectivity index (χ4v) is 3.52. The van der Waals surface area contributed by atoms with Gasteiger partial charge in [0.15, 0.2) is 5.82 Å². The number of aromatic nitrogens is 4. The maximum Gasteiger partial charge on any atom is 0.433 e. The number of hydrogen-bond donors (Lipinski definition) is 4. The molecular weight excluding hydrogens is 493 g/mol. The standard InChI is InChI=1S/C23H21F3N8O3/c1-37-10-9-28-21(35)15-11-34-19(20(27)29-12-30-34)18(15)13-5-7-14(8-6-13)31-22(36)33-17-4-2-3-16(32-17)23(24,25)26/h2-8,11-12H,9-10H2,1H3,(H,28,35)(H2,27,29,30)(H2,31,32,33,36). The van der Waals surface area contributed by atoms with Gasteiger partial charge in [-0.05, 0) is 29.8 Å². The molecule has 0 aliphatic carbocycles. The van der Waals surface area contributed by atoms with Crippen LogP contribution in [0, 0.1) is 0 Å². The molecule has 0 atom stereocenters. The van der Waals surface area contributed by atoms with Crippen molar-refractivity contribution in [2.24, 2.45) is 0 Å². The summed E-state index contributed by atoms with van der Waals surface area (Å²) < 4.78 is 45.0. The van der Waals surface area contributed by atoms with E-state index in [4.69, 9.17) is 10.5 Å². The van der Waals surface area contributed by atoms with E-state index in [0.29, 0.717) is 41.0 Å². The molecule has 4 rings (SSSR count). The van der Waals surface area contributed by atoms with Crippen molar-refractivity contribution in [3.8, 4) is 11.1 Å². The van der Waals surface area contributed by atoms with Crippen LogP contribution in [0.1, 0.15) is 16.1 Å². The average Bonchev–Trinajstić information content (AvgIpc) is 3.25. The normalized spacial score (nSPS) is 11.4. The number of ether oxygens (including phenoxy) is 1. The van der Waals surface area contributed by atoms with E-state index in [0.717, 1.165) is 12.1 Å². The number of anilines is 3. The lowest BCUT2D eigenvalue weighted by Crippen LogP contribution is -2.27. The summed E-state index contributed by atoms with van der Waals surface area (Å²) in [5.74, 6) is -0.466. The monoisotopic (exact) mass is 514 g/mol. The van der Waals surface area contributed by atoms with E-state index >= 15 is 0 Å². The van der Waals surface area contributed by atoms with Crippen molar-refractivity contribution in [1.29, 1.82) is 0 Å². The number of nitrogens with one attached hydrogen (secondary N) is 3. The smallest absolute Gasteiger partial charge is 0.383 e. The first kappa shape index (κ1) is 25.4. The molecule has 0 unspecified atom stereocenters. The van der Waals surface area contributed by atoms with Gasteiger partial charge in [0.2, 0.25) is 0 Å². The van der Waals surface area contributed by atoms with Crippen LogP contribution in [0.15, 0.2) is 55.0 Å². The van der Waals surface area contributed by atoms with Crippen molar-refractivity contribution in [2.45, 2.75) is 6.18 Å². The maximum absolute atomic E-state index is 12.9. The Bertz CT molecular complexity index is 1440. The summed E-state index contributed by atoms with van der Waals surface area (Å²) in [7, 11) is 1.52. The SMILES string of the molecule is COCCNC(=O)c1cn2ncnc(N)c2c1-c1ccc(NC(=O)Nc2cccc(C(F)(F)F)n2)cc1. The number of pyridine rings is 1. The van der Waals surface area contributed by atoms with Crippen molar-refractivity contribution in [3.63, 3.8) is 0 Å². The van der Waals surface area contributed by atoms with Crippen LogP contribution in [-0.4, -0.2) is 51.8 Å². The molecule has 4 aromatic rings. The highest BCUT2D eigenvalue weighted by Gasteiger charge is 2.32. The lowest BCUT2D eigenvalue weighted by molar-refractivity contribution is -0.141. The molecule has 3 amide bonds. The van der Waals surface area contributed by atoms with E-state index in [9.17, 15) is 22.8 Å². The molecule has 3 heterocycles. The zero-order valence-corrected chi connectivity index (χ0v) is 19.3. The third kappa shape index (κ3) is 5.75. The first-order chi connectivity index (χ1) is 17.7. The number of halogens is 3. The molecular formula is C23H21F3N8O3. The lowest BCUT2D eigenvalue weighted by Gasteiger charge is -2.11. The summed E-state index contributed by atoms with van der Waals surface area (Å²) in [5, 5.41) is 11.7. The minimum atomic E-state index is -4.64. The Kier molecular flexibility index (Phi) is 7.20. The number of carbonyl (C=O) groups excluding carboxylic acids is 2. The van der Waals surface area contributed by atoms with Crippen LogP contribution in [-0.2, 0) is 10.9 Å². The molecule has 192 valence electrons. The van der Waals surface area contributed by atoms with E-state index in [-0.39, 0.29) is 17.5 Å². The zero-order valence-electron chi connectivity index (χ0n) is 19.3. The predicted octanol–water partition coefficient (Wildman–Crippen LogP) is 3.41. The van der Waals surface area contributed by atoms with Gasteiger partial charge in [-0.25, -0.2) is 19.3 Å². The molecule has 0 spiro atoms. The Hall–Kier alpha value is -4.72. The van der Waals surface area contributed by atoms with Crippen LogP contribution in [0.3, 0.4) is 0 Å². The first-order valence-electron chi connectivity index (χ1n) is 10.8. The van der Waals surface area contributed by atoms with Crippen LogP contribution in [0.5, 0.6) is 0 Å². The molecule has 14 heteroatoms. The van der Waals surface area contributed by atoms with Crippen LogP contribution >= 0.6 is 0 Å². The van der Waals surface area contributed by atoms with Gasteiger partial charge in [-0.3, -0.25) is 10.1 Å². The number of rotatable bonds is 7. The molecule has 0 radical (unpaired) electrons. The Labute approximate surface area is 207 Å². The number of methoxy groups -OCH3 is 1. The third-order valence-corrected chi connectivity index (χ3v) is 5.15. The van der Waals surface area contributed by atoms with E-state index in [1.54, 1.807) is 24.3 Å². The molecule has 11 nitrogen and oxygen atoms in total. The van der Waals surface area contributed by atoms with Crippen LogP contribution < -0.4 is 21.7 Å². The van der Waals surface area contributed by atoms with Gasteiger partial charge in [0.1, 0.15) is 23.4 Å². The van der Waals surface area contributed by atoms with Gasteiger partial charge in [0.05, 0.1) is 12.2 Å². The minimum Gasteiger partial charge on any atom is -0.383 e. The summed E-state index contributed by atoms with van der Waals surface area (Å²) in [4.78, 5) is 32.6. The Morgan fingerprint density at radius 1 is 1.11 bits per heavy atom. The summed E-state index contributed by atoms with van der Waals surface area (Å²) in [5.41, 5.74) is 7.09. The van der Waals surface area contributed by atoms with E-state index in [1.807, 2.05) is 0 Å². The highest BCUT2D eigenvalue weighted by molar-refractivity contribution is 6.07. The number of carbonyl (C=O) groups is 2. The second-order valence-electron chi connectivity index (χ2n) is 7.67. The van der Waals surface area contributed by atoms with E-state index in [2.05, 4.69) is 31.0 Å². The number of urea groups is 1. The predicted molar refractivity (Wildman–Crippen MR) is 129 cm³/mol. The number of benzene rings is 1. The molecule has 5 N–H and O–H groups in total. The molecule has 37 heavy (non-hydrogen) atoms. The Balaban J connectivity index is 1.56. The molecule has 0 fully saturated rings. The number of nitrogens with zero attached hydrogens (tertiary/aromatic N) is 4. The van der Waals surface area contributed by atoms with Crippen molar-refractivity contribution in [3.05, 3.63) is 66.2 Å². The molecule has 0 saturated heterocycles. The molecule has 3 aromatic heterocycles. The van der Waals surface area contributed by atoms with Crippen molar-refractivity contribution in [1.82, 2.24) is 24.9 Å².